The quantitative estimate of drug-likeness (QED) is 0.467. The van der Waals surface area contributed by atoms with Crippen LogP contribution in [0, 0.1) is 0 Å². The molecule has 6 heteroatoms. The van der Waals surface area contributed by atoms with E-state index in [-0.39, 0.29) is 11.5 Å². The van der Waals surface area contributed by atoms with Crippen molar-refractivity contribution in [3.8, 4) is 22.5 Å². The molecule has 1 N–H and O–H groups in total. The van der Waals surface area contributed by atoms with E-state index in [0.717, 1.165) is 11.1 Å². The molecule has 0 fully saturated rings. The van der Waals surface area contributed by atoms with Crippen LogP contribution in [0.2, 0.25) is 0 Å². The monoisotopic (exact) mass is 429 g/mol. The third kappa shape index (κ3) is 6.36. The molecule has 0 atom stereocenters. The van der Waals surface area contributed by atoms with Crippen LogP contribution >= 0.6 is 0 Å². The second-order valence-corrected chi connectivity index (χ2v) is 6.44. The van der Waals surface area contributed by atoms with Crippen LogP contribution in [0.1, 0.15) is 40.2 Å². The topological polar surface area (TPSA) is 75.5 Å². The first-order valence-corrected chi connectivity index (χ1v) is 9.50. The largest absolute Gasteiger partial charge is 0.480 e. The average molecular weight is 430 g/mol. The van der Waals surface area contributed by atoms with Gasteiger partial charge in [0.2, 0.25) is 0 Å². The molecule has 1 heterocycles. The van der Waals surface area contributed by atoms with Crippen molar-refractivity contribution in [2.24, 2.45) is 0 Å². The molecule has 0 unspecified atom stereocenters. The number of aliphatic carboxylic acids is 1. The fraction of sp³-hybridized carbons (Fsp3) is 0.320. The molecular weight excluding hydrogens is 390 g/mol. The van der Waals surface area contributed by atoms with Gasteiger partial charge in [-0.15, -0.1) is 0 Å². The molecule has 0 aliphatic heterocycles. The molecule has 0 aliphatic carbocycles. The highest BCUT2D eigenvalue weighted by molar-refractivity contribution is 5.78. The Morgan fingerprint density at radius 2 is 1.74 bits per heavy atom. The summed E-state index contributed by atoms with van der Waals surface area (Å²) in [4.78, 5) is 20.7. The van der Waals surface area contributed by atoms with Gasteiger partial charge in [0.15, 0.2) is 0 Å². The highest BCUT2D eigenvalue weighted by atomic mass is 16.5. The summed E-state index contributed by atoms with van der Waals surface area (Å²) in [6.45, 7) is -11.0. The zero-order chi connectivity index (χ0) is 30.6. The maximum Gasteiger partial charge on any atom is 0.329 e. The molecule has 0 spiro atoms. The van der Waals surface area contributed by atoms with Gasteiger partial charge in [-0.1, -0.05) is 60.7 Å². The number of carboxylic acid groups (broad SMARTS) is 1. The van der Waals surface area contributed by atoms with Gasteiger partial charge >= 0.3 is 5.97 Å². The minimum absolute atomic E-state index is 0.253. The fourth-order valence-electron chi connectivity index (χ4n) is 2.82. The summed E-state index contributed by atoms with van der Waals surface area (Å²) in [5, 5.41) is 8.81. The van der Waals surface area contributed by atoms with Gasteiger partial charge in [0.25, 0.3) is 0 Å². The van der Waals surface area contributed by atoms with Crippen molar-refractivity contribution in [1.29, 1.82) is 0 Å². The molecular formula is C25H29N3O3. The first-order valence-electron chi connectivity index (χ1n) is 14.5. The zero-order valence-electron chi connectivity index (χ0n) is 26.7. The van der Waals surface area contributed by atoms with Gasteiger partial charge in [-0.2, -0.15) is 0 Å². The Balaban J connectivity index is 2.17. The average Bonchev–Trinajstić information content (AvgIpc) is 2.85. The van der Waals surface area contributed by atoms with Crippen LogP contribution in [0.3, 0.4) is 0 Å². The summed E-state index contributed by atoms with van der Waals surface area (Å²) in [7, 11) is 0. The molecule has 0 saturated carbocycles. The molecule has 1 aromatic heterocycles. The summed E-state index contributed by atoms with van der Waals surface area (Å²) in [6.07, 6.45) is -2.48. The van der Waals surface area contributed by atoms with Gasteiger partial charge in [-0.05, 0) is 26.5 Å². The van der Waals surface area contributed by atoms with Crippen molar-refractivity contribution in [2.75, 3.05) is 24.6 Å². The molecule has 31 heavy (non-hydrogen) atoms. The molecule has 0 saturated heterocycles. The number of benzene rings is 2. The molecule has 162 valence electrons. The van der Waals surface area contributed by atoms with E-state index < -0.39 is 58.2 Å². The van der Waals surface area contributed by atoms with E-state index >= 15 is 0 Å². The lowest BCUT2D eigenvalue weighted by Crippen LogP contribution is -2.33. The van der Waals surface area contributed by atoms with Crippen molar-refractivity contribution >= 4 is 11.8 Å². The van der Waals surface area contributed by atoms with E-state index in [1.165, 1.54) is 0 Å². The maximum absolute atomic E-state index is 10.8. The SMILES string of the molecule is [2H]C([2H])(CN(c1cnc(-c2ccccc2)c(-c2ccccc2)n1)C(C([2H])([2H])[2H])C([2H])([2H])[2H])CC([2H])([2H])OCC(=O)O. The smallest absolute Gasteiger partial charge is 0.329 e. The van der Waals surface area contributed by atoms with E-state index in [0.29, 0.717) is 16.8 Å². The van der Waals surface area contributed by atoms with Crippen LogP contribution in [0.4, 0.5) is 5.82 Å². The number of aromatic nitrogens is 2. The third-order valence-corrected chi connectivity index (χ3v) is 4.24. The molecule has 6 nitrogen and oxygen atoms in total. The first kappa shape index (κ1) is 12.6. The predicted octanol–water partition coefficient (Wildman–Crippen LogP) is 4.91. The minimum Gasteiger partial charge on any atom is -0.480 e. The van der Waals surface area contributed by atoms with Gasteiger partial charge < -0.3 is 14.7 Å². The molecule has 0 radical (unpaired) electrons. The van der Waals surface area contributed by atoms with Crippen LogP contribution in [-0.2, 0) is 9.53 Å². The summed E-state index contributed by atoms with van der Waals surface area (Å²) in [5.74, 6) is -1.72. The molecule has 2 aromatic carbocycles. The Hall–Kier alpha value is -3.25. The molecule has 0 bridgehead atoms. The summed E-state index contributed by atoms with van der Waals surface area (Å²) in [6, 6.07) is 15.5. The van der Waals surface area contributed by atoms with Crippen LogP contribution in [0.5, 0.6) is 0 Å². The van der Waals surface area contributed by atoms with Crippen LogP contribution < -0.4 is 4.90 Å². The van der Waals surface area contributed by atoms with Gasteiger partial charge in [-0.25, -0.2) is 9.78 Å². The lowest BCUT2D eigenvalue weighted by atomic mass is 10.0. The molecule has 0 aliphatic rings. The fourth-order valence-corrected chi connectivity index (χ4v) is 2.82. The van der Waals surface area contributed by atoms with Gasteiger partial charge in [-0.3, -0.25) is 4.98 Å². The van der Waals surface area contributed by atoms with E-state index in [1.54, 1.807) is 54.6 Å². The normalized spacial score (nSPS) is 17.5. The van der Waals surface area contributed by atoms with Crippen molar-refractivity contribution in [2.45, 2.75) is 32.5 Å². The Labute approximate surface area is 197 Å². The number of anilines is 1. The zero-order valence-corrected chi connectivity index (χ0v) is 16.7. The van der Waals surface area contributed by atoms with Crippen LogP contribution in [0.15, 0.2) is 66.9 Å². The van der Waals surface area contributed by atoms with Crippen molar-refractivity contribution < 1.29 is 28.3 Å². The Bertz CT molecular complexity index is 1310. The number of hydrogen-bond donors (Lipinski definition) is 1. The van der Waals surface area contributed by atoms with Crippen molar-refractivity contribution in [3.05, 3.63) is 66.9 Å². The first-order chi connectivity index (χ1) is 18.9. The summed E-state index contributed by atoms with van der Waals surface area (Å²) < 4.78 is 85.6. The summed E-state index contributed by atoms with van der Waals surface area (Å²) >= 11 is 0. The Morgan fingerprint density at radius 1 is 1.10 bits per heavy atom. The van der Waals surface area contributed by atoms with Crippen LogP contribution in [0.25, 0.3) is 22.5 Å². The number of hydrogen-bond acceptors (Lipinski definition) is 5. The van der Waals surface area contributed by atoms with E-state index in [2.05, 4.69) is 14.7 Å². The highest BCUT2D eigenvalue weighted by Gasteiger charge is 2.17. The lowest BCUT2D eigenvalue weighted by Gasteiger charge is -2.28. The number of ether oxygens (including phenoxy) is 1. The summed E-state index contributed by atoms with van der Waals surface area (Å²) in [5.41, 5.74) is 1.97. The lowest BCUT2D eigenvalue weighted by molar-refractivity contribution is -0.142. The standard InChI is InChI=1S/C25H29N3O3/c1-19(2)28(15-9-10-16-31-18-23(29)30)22-17-26-24(20-11-5-3-6-12-20)25(27-22)21-13-7-4-8-14-21/h3-8,11-14,17,19H,9-10,15-16,18H2,1-2H3,(H,29,30)/i1D3,2D3,9D2,16D2. The van der Waals surface area contributed by atoms with Gasteiger partial charge in [0.05, 0.1) is 20.3 Å². The Kier molecular flexibility index (Phi) is 4.55. The predicted molar refractivity (Wildman–Crippen MR) is 123 cm³/mol. The number of rotatable bonds is 11. The molecule has 3 aromatic rings. The Morgan fingerprint density at radius 3 is 2.35 bits per heavy atom. The number of nitrogens with zero attached hydrogens (tertiary/aromatic N) is 3. The van der Waals surface area contributed by atoms with E-state index in [9.17, 15) is 4.79 Å². The van der Waals surface area contributed by atoms with Crippen LogP contribution in [-0.4, -0.2) is 46.8 Å². The maximum atomic E-state index is 10.8. The van der Waals surface area contributed by atoms with E-state index in [4.69, 9.17) is 18.8 Å². The van der Waals surface area contributed by atoms with Gasteiger partial charge in [0, 0.05) is 41.2 Å². The van der Waals surface area contributed by atoms with Crippen molar-refractivity contribution in [1.82, 2.24) is 9.97 Å². The second kappa shape index (κ2) is 11.2. The minimum atomic E-state index is -3.15. The third-order valence-electron chi connectivity index (χ3n) is 4.24. The second-order valence-electron chi connectivity index (χ2n) is 6.44. The molecule has 0 amide bonds. The van der Waals surface area contributed by atoms with Crippen molar-refractivity contribution in [3.63, 3.8) is 0 Å². The number of carboxylic acids is 1. The highest BCUT2D eigenvalue weighted by Crippen LogP contribution is 2.30. The number of carbonyl (C=O) groups is 1. The van der Waals surface area contributed by atoms with Gasteiger partial charge in [0.1, 0.15) is 12.4 Å². The van der Waals surface area contributed by atoms with E-state index in [1.807, 2.05) is 6.07 Å². The molecule has 3 rings (SSSR count).